The smallest absolute Gasteiger partial charge is 0.0725 e. The second-order valence-electron chi connectivity index (χ2n) is 18.6. The summed E-state index contributed by atoms with van der Waals surface area (Å²) >= 11 is 0. The molecule has 0 amide bonds. The van der Waals surface area contributed by atoms with Gasteiger partial charge in [-0.05, 0) is 124 Å². The van der Waals surface area contributed by atoms with E-state index < -0.39 is 5.41 Å². The summed E-state index contributed by atoms with van der Waals surface area (Å²) < 4.78 is 0. The summed E-state index contributed by atoms with van der Waals surface area (Å²) in [4.78, 5) is 5.71. The van der Waals surface area contributed by atoms with Crippen LogP contribution in [0, 0.1) is 0 Å². The van der Waals surface area contributed by atoms with Crippen LogP contribution in [0.15, 0.2) is 188 Å². The van der Waals surface area contributed by atoms with Crippen LogP contribution >= 0.6 is 0 Å². The molecule has 61 heavy (non-hydrogen) atoms. The molecule has 1 heterocycles. The van der Waals surface area contributed by atoms with Gasteiger partial charge in [-0.15, -0.1) is 0 Å². The molecule has 8 aromatic carbocycles. The van der Waals surface area contributed by atoms with Gasteiger partial charge in [-0.1, -0.05) is 191 Å². The lowest BCUT2D eigenvalue weighted by Gasteiger charge is -2.30. The van der Waals surface area contributed by atoms with Crippen molar-refractivity contribution in [2.75, 3.05) is 0 Å². The van der Waals surface area contributed by atoms with Crippen molar-refractivity contribution in [3.05, 3.63) is 233 Å². The quantitative estimate of drug-likeness (QED) is 0.174. The van der Waals surface area contributed by atoms with Gasteiger partial charge in [-0.3, -0.25) is 0 Å². The molecule has 288 valence electrons. The number of nitrogens with zero attached hydrogens (tertiary/aromatic N) is 1. The van der Waals surface area contributed by atoms with Crippen molar-refractivity contribution in [3.63, 3.8) is 0 Å². The topological polar surface area (TPSA) is 12.9 Å². The molecule has 1 heteroatoms. The molecule has 0 unspecified atom stereocenters. The van der Waals surface area contributed by atoms with Crippen molar-refractivity contribution in [2.24, 2.45) is 0 Å². The molecule has 9 aromatic rings. The van der Waals surface area contributed by atoms with Crippen LogP contribution in [-0.2, 0) is 16.2 Å². The SMILES string of the molecule is CC1(C)c2ccccc2-c2ccc(-c3cc(-c4ccc5c(c4)C(C)(C)c4ccccc4-5)nc(-c4cccc5c4-c4ccccc4C54c5ccccc5-c5ccccc54)c3)cc21. The maximum absolute atomic E-state index is 5.71. The number of hydrogen-bond acceptors (Lipinski definition) is 1. The van der Waals surface area contributed by atoms with E-state index in [1.165, 1.54) is 100 Å². The van der Waals surface area contributed by atoms with E-state index in [0.717, 1.165) is 22.5 Å². The summed E-state index contributed by atoms with van der Waals surface area (Å²) in [6.07, 6.45) is 0. The van der Waals surface area contributed by atoms with E-state index >= 15 is 0 Å². The Morgan fingerprint density at radius 3 is 1.25 bits per heavy atom. The highest BCUT2D eigenvalue weighted by Gasteiger charge is 2.52. The largest absolute Gasteiger partial charge is 0.248 e. The third-order valence-corrected chi connectivity index (χ3v) is 14.9. The van der Waals surface area contributed by atoms with Crippen LogP contribution < -0.4 is 0 Å². The Balaban J connectivity index is 1.06. The average Bonchev–Trinajstić information content (AvgIpc) is 3.94. The van der Waals surface area contributed by atoms with Gasteiger partial charge in [-0.25, -0.2) is 4.98 Å². The average molecular weight is 778 g/mol. The van der Waals surface area contributed by atoms with Gasteiger partial charge in [0, 0.05) is 22.0 Å². The van der Waals surface area contributed by atoms with Crippen LogP contribution in [-0.4, -0.2) is 4.98 Å². The molecule has 0 fully saturated rings. The summed E-state index contributed by atoms with van der Waals surface area (Å²) in [7, 11) is 0. The fraction of sp³-hybridized carbons (Fsp3) is 0.117. The van der Waals surface area contributed by atoms with Gasteiger partial charge >= 0.3 is 0 Å². The van der Waals surface area contributed by atoms with Crippen molar-refractivity contribution < 1.29 is 0 Å². The fourth-order valence-corrected chi connectivity index (χ4v) is 12.1. The molecule has 0 radical (unpaired) electrons. The first kappa shape index (κ1) is 34.7. The third kappa shape index (κ3) is 4.43. The van der Waals surface area contributed by atoms with Gasteiger partial charge in [0.1, 0.15) is 0 Å². The van der Waals surface area contributed by atoms with E-state index in [4.69, 9.17) is 4.98 Å². The van der Waals surface area contributed by atoms with Crippen LogP contribution in [0.1, 0.15) is 72.2 Å². The van der Waals surface area contributed by atoms with Crippen molar-refractivity contribution in [2.45, 2.75) is 43.9 Å². The number of benzene rings is 8. The normalized spacial score (nSPS) is 15.6. The van der Waals surface area contributed by atoms with E-state index in [9.17, 15) is 0 Å². The Morgan fingerprint density at radius 2 is 0.672 bits per heavy atom. The standard InChI is InChI=1S/C60H43N/c1-58(2)47-22-10-5-16-39(47)43-30-28-36(32-53(43)58)38-34-55(37-29-31-44-40-17-6-11-23-48(40)59(3,4)54(44)33-37)61-56(35-38)46-21-15-27-52-57(46)45-20-9-14-26-51(45)60(52)49-24-12-7-18-41(49)42-19-8-13-25-50(42)60/h5-35H,1-4H3. The van der Waals surface area contributed by atoms with Gasteiger partial charge < -0.3 is 0 Å². The second-order valence-corrected chi connectivity index (χ2v) is 18.6. The molecule has 0 aliphatic heterocycles. The zero-order valence-electron chi connectivity index (χ0n) is 34.8. The summed E-state index contributed by atoms with van der Waals surface area (Å²) in [5.74, 6) is 0. The molecule has 0 bridgehead atoms. The number of fused-ring (bicyclic) bond motifs is 16. The van der Waals surface area contributed by atoms with Gasteiger partial charge in [0.05, 0.1) is 16.8 Å². The lowest BCUT2D eigenvalue weighted by Crippen LogP contribution is -2.25. The van der Waals surface area contributed by atoms with E-state index in [0.29, 0.717) is 0 Å². The molecule has 13 rings (SSSR count). The Labute approximate surface area is 358 Å². The van der Waals surface area contributed by atoms with Crippen molar-refractivity contribution in [3.8, 4) is 78.1 Å². The predicted molar refractivity (Wildman–Crippen MR) is 252 cm³/mol. The fourth-order valence-electron chi connectivity index (χ4n) is 12.1. The predicted octanol–water partition coefficient (Wildman–Crippen LogP) is 15.0. The molecule has 0 saturated carbocycles. The van der Waals surface area contributed by atoms with Crippen LogP contribution in [0.25, 0.3) is 78.1 Å². The van der Waals surface area contributed by atoms with E-state index in [1.807, 2.05) is 0 Å². The number of pyridine rings is 1. The minimum absolute atomic E-state index is 0.104. The minimum atomic E-state index is -0.420. The van der Waals surface area contributed by atoms with Crippen molar-refractivity contribution in [1.29, 1.82) is 0 Å². The minimum Gasteiger partial charge on any atom is -0.248 e. The first-order valence-electron chi connectivity index (χ1n) is 21.7. The summed E-state index contributed by atoms with van der Waals surface area (Å²) in [5.41, 5.74) is 27.4. The highest BCUT2D eigenvalue weighted by Crippen LogP contribution is 2.64. The molecule has 0 saturated heterocycles. The number of aromatic nitrogens is 1. The first-order chi connectivity index (χ1) is 29.8. The van der Waals surface area contributed by atoms with Crippen LogP contribution in [0.4, 0.5) is 0 Å². The zero-order chi connectivity index (χ0) is 40.8. The molecule has 4 aliphatic carbocycles. The highest BCUT2D eigenvalue weighted by molar-refractivity contribution is 6.00. The Kier molecular flexibility index (Phi) is 6.85. The van der Waals surface area contributed by atoms with Gasteiger partial charge in [0.15, 0.2) is 0 Å². The van der Waals surface area contributed by atoms with E-state index in [2.05, 4.69) is 216 Å². The lowest BCUT2D eigenvalue weighted by atomic mass is 9.70. The van der Waals surface area contributed by atoms with E-state index in [-0.39, 0.29) is 10.8 Å². The van der Waals surface area contributed by atoms with Crippen LogP contribution in [0.5, 0.6) is 0 Å². The Hall–Kier alpha value is -7.09. The molecule has 0 atom stereocenters. The number of rotatable bonds is 3. The summed E-state index contributed by atoms with van der Waals surface area (Å²) in [6.45, 7) is 9.46. The molecule has 4 aliphatic rings. The van der Waals surface area contributed by atoms with Crippen LogP contribution in [0.2, 0.25) is 0 Å². The molecular formula is C60H43N. The monoisotopic (exact) mass is 777 g/mol. The molecule has 0 N–H and O–H groups in total. The number of hydrogen-bond donors (Lipinski definition) is 0. The second kappa shape index (κ2) is 12.0. The maximum atomic E-state index is 5.71. The van der Waals surface area contributed by atoms with Crippen LogP contribution in [0.3, 0.4) is 0 Å². The van der Waals surface area contributed by atoms with Gasteiger partial charge in [0.2, 0.25) is 0 Å². The highest BCUT2D eigenvalue weighted by atomic mass is 14.7. The maximum Gasteiger partial charge on any atom is 0.0725 e. The molecule has 1 aromatic heterocycles. The first-order valence-corrected chi connectivity index (χ1v) is 21.7. The van der Waals surface area contributed by atoms with E-state index in [1.54, 1.807) is 0 Å². The summed E-state index contributed by atoms with van der Waals surface area (Å²) in [6, 6.07) is 70.8. The molecule has 1 nitrogen and oxygen atoms in total. The molecular weight excluding hydrogens is 735 g/mol. The molecule has 1 spiro atoms. The van der Waals surface area contributed by atoms with Gasteiger partial charge in [0.25, 0.3) is 0 Å². The zero-order valence-corrected chi connectivity index (χ0v) is 34.8. The van der Waals surface area contributed by atoms with Crippen molar-refractivity contribution in [1.82, 2.24) is 4.98 Å². The Bertz CT molecular complexity index is 3200. The van der Waals surface area contributed by atoms with Gasteiger partial charge in [-0.2, -0.15) is 0 Å². The summed E-state index contributed by atoms with van der Waals surface area (Å²) in [5, 5.41) is 0. The lowest BCUT2D eigenvalue weighted by molar-refractivity contribution is 0.660. The van der Waals surface area contributed by atoms with Crippen molar-refractivity contribution >= 4 is 0 Å². The third-order valence-electron chi connectivity index (χ3n) is 14.9. The Morgan fingerprint density at radius 1 is 0.279 bits per heavy atom.